The Balaban J connectivity index is 1.77. The third-order valence-corrected chi connectivity index (χ3v) is 4.01. The lowest BCUT2D eigenvalue weighted by Gasteiger charge is -2.23. The van der Waals surface area contributed by atoms with Gasteiger partial charge in [0.05, 0.1) is 4.99 Å². The second kappa shape index (κ2) is 4.65. The lowest BCUT2D eigenvalue weighted by molar-refractivity contribution is 0.0901. The summed E-state index contributed by atoms with van der Waals surface area (Å²) in [6.45, 7) is 0. The molecule has 2 nitrogen and oxygen atoms in total. The van der Waals surface area contributed by atoms with Crippen LogP contribution in [0.3, 0.4) is 0 Å². The number of ketones is 1. The fourth-order valence-corrected chi connectivity index (χ4v) is 3.04. The normalized spacial score (nSPS) is 22.4. The zero-order valence-corrected chi connectivity index (χ0v) is 10.9. The molecule has 1 unspecified atom stereocenters. The molecule has 0 aromatic heterocycles. The van der Waals surface area contributed by atoms with E-state index >= 15 is 0 Å². The Morgan fingerprint density at radius 2 is 2.17 bits per heavy atom. The minimum absolute atomic E-state index is 0.133. The van der Waals surface area contributed by atoms with Crippen LogP contribution in [0.2, 0.25) is 0 Å². The number of rotatable bonds is 2. The summed E-state index contributed by atoms with van der Waals surface area (Å²) in [5, 5.41) is 3.05. The predicted octanol–water partition coefficient (Wildman–Crippen LogP) is 3.03. The number of aryl methyl sites for hydroxylation is 1. The molecule has 18 heavy (non-hydrogen) atoms. The van der Waals surface area contributed by atoms with Gasteiger partial charge in [-0.2, -0.15) is 0 Å². The van der Waals surface area contributed by atoms with Gasteiger partial charge in [-0.25, -0.2) is 0 Å². The van der Waals surface area contributed by atoms with E-state index in [0.717, 1.165) is 36.2 Å². The molecule has 3 rings (SSSR count). The van der Waals surface area contributed by atoms with Gasteiger partial charge in [-0.3, -0.25) is 4.79 Å². The maximum Gasteiger partial charge on any atom is 0.166 e. The molecule has 0 saturated carbocycles. The quantitative estimate of drug-likeness (QED) is 0.826. The number of benzene rings is 1. The molecule has 1 N–H and O–H groups in total. The van der Waals surface area contributed by atoms with Crippen LogP contribution < -0.4 is 5.32 Å². The number of thiocarbonyl (C=S) groups is 1. The molecule has 3 heteroatoms. The van der Waals surface area contributed by atoms with Gasteiger partial charge in [0.1, 0.15) is 0 Å². The van der Waals surface area contributed by atoms with Gasteiger partial charge >= 0.3 is 0 Å². The summed E-state index contributed by atoms with van der Waals surface area (Å²) in [6, 6.07) is 7.98. The lowest BCUT2D eigenvalue weighted by Crippen LogP contribution is -2.22. The largest absolute Gasteiger partial charge is 0.356 e. The smallest absolute Gasteiger partial charge is 0.166 e. The molecule has 0 amide bonds. The molecule has 1 heterocycles. The van der Waals surface area contributed by atoms with E-state index in [-0.39, 0.29) is 5.92 Å². The Hall–Kier alpha value is -1.48. The fraction of sp³-hybridized carbons (Fsp3) is 0.333. The molecule has 2 aliphatic rings. The zero-order valence-electron chi connectivity index (χ0n) is 10.1. The van der Waals surface area contributed by atoms with Crippen LogP contribution in [0, 0.1) is 5.92 Å². The minimum atomic E-state index is 0.133. The Bertz CT molecular complexity index is 547. The van der Waals surface area contributed by atoms with Crippen LogP contribution in [-0.2, 0) is 6.42 Å². The molecule has 0 spiro atoms. The van der Waals surface area contributed by atoms with E-state index in [2.05, 4.69) is 11.4 Å². The van der Waals surface area contributed by atoms with E-state index in [0.29, 0.717) is 5.78 Å². The predicted molar refractivity (Wildman–Crippen MR) is 75.6 cm³/mol. The SMILES string of the molecule is O=C1c2ccccc2CCC1CC1=CNC(=S)C1. The van der Waals surface area contributed by atoms with Crippen molar-refractivity contribution < 1.29 is 4.79 Å². The van der Waals surface area contributed by atoms with Crippen molar-refractivity contribution in [1.82, 2.24) is 5.32 Å². The van der Waals surface area contributed by atoms with E-state index in [1.54, 1.807) is 0 Å². The van der Waals surface area contributed by atoms with Gasteiger partial charge in [0, 0.05) is 24.1 Å². The highest BCUT2D eigenvalue weighted by Gasteiger charge is 2.28. The summed E-state index contributed by atoms with van der Waals surface area (Å²) in [4.78, 5) is 13.3. The van der Waals surface area contributed by atoms with Gasteiger partial charge in [-0.1, -0.05) is 36.5 Å². The second-order valence-electron chi connectivity index (χ2n) is 5.01. The number of fused-ring (bicyclic) bond motifs is 1. The molecule has 92 valence electrons. The van der Waals surface area contributed by atoms with Gasteiger partial charge in [0.2, 0.25) is 0 Å². The Morgan fingerprint density at radius 1 is 1.33 bits per heavy atom. The van der Waals surface area contributed by atoms with Gasteiger partial charge in [-0.05, 0) is 30.4 Å². The van der Waals surface area contributed by atoms with Gasteiger partial charge in [0.25, 0.3) is 0 Å². The fourth-order valence-electron chi connectivity index (χ4n) is 2.79. The molecule has 1 aromatic carbocycles. The van der Waals surface area contributed by atoms with Crippen LogP contribution >= 0.6 is 12.2 Å². The molecular formula is C15H15NOS. The average molecular weight is 257 g/mol. The van der Waals surface area contributed by atoms with Crippen LogP contribution in [0.25, 0.3) is 0 Å². The summed E-state index contributed by atoms with van der Waals surface area (Å²) in [5.41, 5.74) is 3.38. The van der Waals surface area contributed by atoms with Crippen molar-refractivity contribution in [3.63, 3.8) is 0 Å². The molecule has 0 bridgehead atoms. The summed E-state index contributed by atoms with van der Waals surface area (Å²) in [6.07, 6.45) is 5.61. The topological polar surface area (TPSA) is 29.1 Å². The lowest BCUT2D eigenvalue weighted by atomic mass is 9.79. The van der Waals surface area contributed by atoms with Crippen molar-refractivity contribution >= 4 is 23.0 Å². The maximum absolute atomic E-state index is 12.4. The minimum Gasteiger partial charge on any atom is -0.356 e. The van der Waals surface area contributed by atoms with Crippen molar-refractivity contribution in [3.05, 3.63) is 47.2 Å². The Labute approximate surface area is 112 Å². The molecule has 1 aliphatic heterocycles. The summed E-state index contributed by atoms with van der Waals surface area (Å²) in [7, 11) is 0. The van der Waals surface area contributed by atoms with Crippen molar-refractivity contribution in [2.24, 2.45) is 5.92 Å². The highest BCUT2D eigenvalue weighted by molar-refractivity contribution is 7.80. The number of carbonyl (C=O) groups excluding carboxylic acids is 1. The van der Waals surface area contributed by atoms with Crippen LogP contribution in [0.4, 0.5) is 0 Å². The molecule has 1 aromatic rings. The summed E-state index contributed by atoms with van der Waals surface area (Å²) < 4.78 is 0. The number of nitrogens with one attached hydrogen (secondary N) is 1. The first-order valence-electron chi connectivity index (χ1n) is 6.33. The number of Topliss-reactive ketones (excluding diaryl/α,β-unsaturated/α-hetero) is 1. The zero-order chi connectivity index (χ0) is 12.5. The average Bonchev–Trinajstić information content (AvgIpc) is 2.79. The molecule has 1 aliphatic carbocycles. The monoisotopic (exact) mass is 257 g/mol. The van der Waals surface area contributed by atoms with E-state index in [4.69, 9.17) is 12.2 Å². The van der Waals surface area contributed by atoms with Crippen LogP contribution in [0.15, 0.2) is 36.0 Å². The van der Waals surface area contributed by atoms with E-state index < -0.39 is 0 Å². The Kier molecular flexibility index (Phi) is 3.00. The molecule has 0 fully saturated rings. The molecular weight excluding hydrogens is 242 g/mol. The van der Waals surface area contributed by atoms with Gasteiger partial charge in [-0.15, -0.1) is 0 Å². The van der Waals surface area contributed by atoms with E-state index in [9.17, 15) is 4.79 Å². The number of carbonyl (C=O) groups is 1. The second-order valence-corrected chi connectivity index (χ2v) is 5.50. The number of hydrogen-bond donors (Lipinski definition) is 1. The summed E-state index contributed by atoms with van der Waals surface area (Å²) in [5.74, 6) is 0.435. The maximum atomic E-state index is 12.4. The van der Waals surface area contributed by atoms with Crippen molar-refractivity contribution in [3.8, 4) is 0 Å². The van der Waals surface area contributed by atoms with Gasteiger partial charge in [0.15, 0.2) is 5.78 Å². The van der Waals surface area contributed by atoms with Crippen LogP contribution in [0.5, 0.6) is 0 Å². The van der Waals surface area contributed by atoms with Crippen molar-refractivity contribution in [2.45, 2.75) is 25.7 Å². The first kappa shape index (κ1) is 11.6. The Morgan fingerprint density at radius 3 is 2.94 bits per heavy atom. The number of hydrogen-bond acceptors (Lipinski definition) is 2. The third-order valence-electron chi connectivity index (χ3n) is 3.75. The standard InChI is InChI=1S/C15H15NOS/c17-15-12(7-10-8-14(18)16-9-10)6-5-11-3-1-2-4-13(11)15/h1-4,9,12H,5-8H2,(H,16,18). The molecule has 1 atom stereocenters. The first-order valence-corrected chi connectivity index (χ1v) is 6.74. The van der Waals surface area contributed by atoms with Crippen molar-refractivity contribution in [2.75, 3.05) is 0 Å². The van der Waals surface area contributed by atoms with Gasteiger partial charge < -0.3 is 5.32 Å². The highest BCUT2D eigenvalue weighted by atomic mass is 32.1. The van der Waals surface area contributed by atoms with Crippen LogP contribution in [0.1, 0.15) is 35.2 Å². The molecule has 0 saturated heterocycles. The van der Waals surface area contributed by atoms with Crippen LogP contribution in [-0.4, -0.2) is 10.8 Å². The first-order chi connectivity index (χ1) is 8.74. The third kappa shape index (κ3) is 2.10. The molecule has 0 radical (unpaired) electrons. The summed E-state index contributed by atoms with van der Waals surface area (Å²) >= 11 is 5.11. The van der Waals surface area contributed by atoms with Crippen molar-refractivity contribution in [1.29, 1.82) is 0 Å². The van der Waals surface area contributed by atoms with E-state index in [1.165, 1.54) is 11.1 Å². The van der Waals surface area contributed by atoms with E-state index in [1.807, 2.05) is 24.4 Å². The highest BCUT2D eigenvalue weighted by Crippen LogP contribution is 2.30.